The van der Waals surface area contributed by atoms with Crippen molar-refractivity contribution in [3.63, 3.8) is 0 Å². The lowest BCUT2D eigenvalue weighted by Crippen LogP contribution is -2.26. The highest BCUT2D eigenvalue weighted by Crippen LogP contribution is 2.30. The molecule has 2 aromatic rings. The number of thioether (sulfide) groups is 1. The van der Waals surface area contributed by atoms with E-state index in [1.165, 1.54) is 23.1 Å². The smallest absolute Gasteiger partial charge is 0.277 e. The SMILES string of the molecule is CCCCCNC(=O)CSc1nnc(-c2sc(C)nc2C)o1. The minimum atomic E-state index is -0.00864. The number of nitrogens with zero attached hydrogens (tertiary/aromatic N) is 3. The Balaban J connectivity index is 1.82. The summed E-state index contributed by atoms with van der Waals surface area (Å²) in [5, 5.41) is 12.2. The van der Waals surface area contributed by atoms with E-state index in [4.69, 9.17) is 4.42 Å². The van der Waals surface area contributed by atoms with Crippen LogP contribution in [0.3, 0.4) is 0 Å². The number of unbranched alkanes of at least 4 members (excludes halogenated alkanes) is 2. The van der Waals surface area contributed by atoms with Crippen LogP contribution in [0, 0.1) is 13.8 Å². The third-order valence-corrected chi connectivity index (χ3v) is 4.81. The van der Waals surface area contributed by atoms with E-state index >= 15 is 0 Å². The monoisotopic (exact) mass is 340 g/mol. The molecule has 0 atom stereocenters. The van der Waals surface area contributed by atoms with Crippen molar-refractivity contribution in [3.8, 4) is 10.8 Å². The second-order valence-corrected chi connectivity index (χ2v) is 7.00. The molecule has 22 heavy (non-hydrogen) atoms. The topological polar surface area (TPSA) is 80.9 Å². The minimum Gasteiger partial charge on any atom is -0.410 e. The van der Waals surface area contributed by atoms with Crippen molar-refractivity contribution >= 4 is 29.0 Å². The Hall–Kier alpha value is -1.41. The molecule has 2 aromatic heterocycles. The quantitative estimate of drug-likeness (QED) is 0.587. The summed E-state index contributed by atoms with van der Waals surface area (Å²) in [4.78, 5) is 16.9. The van der Waals surface area contributed by atoms with Crippen molar-refractivity contribution in [1.82, 2.24) is 20.5 Å². The summed E-state index contributed by atoms with van der Waals surface area (Å²) in [7, 11) is 0. The number of aromatic nitrogens is 3. The van der Waals surface area contributed by atoms with E-state index in [9.17, 15) is 4.79 Å². The number of hydrogen-bond acceptors (Lipinski definition) is 7. The van der Waals surface area contributed by atoms with E-state index in [-0.39, 0.29) is 11.7 Å². The van der Waals surface area contributed by atoms with Gasteiger partial charge in [-0.05, 0) is 20.3 Å². The van der Waals surface area contributed by atoms with Crippen LogP contribution in [0.5, 0.6) is 0 Å². The fourth-order valence-electron chi connectivity index (χ4n) is 1.87. The van der Waals surface area contributed by atoms with Crippen LogP contribution >= 0.6 is 23.1 Å². The molecule has 0 fully saturated rings. The zero-order chi connectivity index (χ0) is 15.9. The van der Waals surface area contributed by atoms with Crippen LogP contribution < -0.4 is 5.32 Å². The first-order valence-electron chi connectivity index (χ1n) is 7.27. The molecule has 0 spiro atoms. The second kappa shape index (κ2) is 8.28. The van der Waals surface area contributed by atoms with Crippen LogP contribution in [0.25, 0.3) is 10.8 Å². The highest BCUT2D eigenvalue weighted by atomic mass is 32.2. The summed E-state index contributed by atoms with van der Waals surface area (Å²) in [6.45, 7) is 6.72. The van der Waals surface area contributed by atoms with Gasteiger partial charge in [-0.15, -0.1) is 21.5 Å². The number of thiazole rings is 1. The number of carbonyl (C=O) groups excluding carboxylic acids is 1. The van der Waals surface area contributed by atoms with Crippen LogP contribution in [-0.4, -0.2) is 33.4 Å². The summed E-state index contributed by atoms with van der Waals surface area (Å²) in [5.74, 6) is 0.744. The lowest BCUT2D eigenvalue weighted by molar-refractivity contribution is -0.118. The molecule has 6 nitrogen and oxygen atoms in total. The first-order chi connectivity index (χ1) is 10.6. The summed E-state index contributed by atoms with van der Waals surface area (Å²) < 4.78 is 5.59. The molecule has 0 aliphatic carbocycles. The lowest BCUT2D eigenvalue weighted by Gasteiger charge is -2.02. The summed E-state index contributed by atoms with van der Waals surface area (Å²) in [6, 6.07) is 0. The summed E-state index contributed by atoms with van der Waals surface area (Å²) >= 11 is 2.78. The molecule has 1 amide bonds. The predicted octanol–water partition coefficient (Wildman–Crippen LogP) is 3.21. The van der Waals surface area contributed by atoms with Gasteiger partial charge < -0.3 is 9.73 Å². The fourth-order valence-corrected chi connectivity index (χ4v) is 3.30. The largest absolute Gasteiger partial charge is 0.410 e. The molecular weight excluding hydrogens is 320 g/mol. The van der Waals surface area contributed by atoms with Crippen LogP contribution in [0.1, 0.15) is 36.9 Å². The van der Waals surface area contributed by atoms with Crippen LogP contribution in [0.2, 0.25) is 0 Å². The van der Waals surface area contributed by atoms with Crippen molar-refractivity contribution < 1.29 is 9.21 Å². The molecule has 8 heteroatoms. The third-order valence-electron chi connectivity index (χ3n) is 2.93. The zero-order valence-electron chi connectivity index (χ0n) is 13.0. The molecule has 2 rings (SSSR count). The predicted molar refractivity (Wildman–Crippen MR) is 88.1 cm³/mol. The van der Waals surface area contributed by atoms with E-state index in [1.807, 2.05) is 13.8 Å². The van der Waals surface area contributed by atoms with Gasteiger partial charge in [0.2, 0.25) is 5.91 Å². The van der Waals surface area contributed by atoms with Gasteiger partial charge in [0.05, 0.1) is 16.5 Å². The highest BCUT2D eigenvalue weighted by molar-refractivity contribution is 7.99. The van der Waals surface area contributed by atoms with Crippen LogP contribution in [0.4, 0.5) is 0 Å². The first-order valence-corrected chi connectivity index (χ1v) is 9.07. The first kappa shape index (κ1) is 17.0. The zero-order valence-corrected chi connectivity index (χ0v) is 14.6. The normalized spacial score (nSPS) is 10.9. The van der Waals surface area contributed by atoms with Crippen molar-refractivity contribution in [2.24, 2.45) is 0 Å². The Morgan fingerprint density at radius 2 is 2.14 bits per heavy atom. The molecule has 1 N–H and O–H groups in total. The Bertz CT molecular complexity index is 624. The van der Waals surface area contributed by atoms with E-state index in [0.717, 1.165) is 41.4 Å². The molecule has 0 aliphatic heterocycles. The van der Waals surface area contributed by atoms with Crippen molar-refractivity contribution in [2.45, 2.75) is 45.3 Å². The average Bonchev–Trinajstić information content (AvgIpc) is 3.07. The number of aryl methyl sites for hydroxylation is 2. The van der Waals surface area contributed by atoms with Crippen molar-refractivity contribution in [3.05, 3.63) is 10.7 Å². The van der Waals surface area contributed by atoms with Gasteiger partial charge in [-0.2, -0.15) is 0 Å². The van der Waals surface area contributed by atoms with Crippen LogP contribution in [0.15, 0.2) is 9.64 Å². The molecule has 2 heterocycles. The fraction of sp³-hybridized carbons (Fsp3) is 0.571. The van der Waals surface area contributed by atoms with Crippen LogP contribution in [-0.2, 0) is 4.79 Å². The van der Waals surface area contributed by atoms with Crippen molar-refractivity contribution in [1.29, 1.82) is 0 Å². The Morgan fingerprint density at radius 1 is 1.32 bits per heavy atom. The van der Waals surface area contributed by atoms with Gasteiger partial charge in [-0.1, -0.05) is 31.5 Å². The Labute approximate surface area is 138 Å². The molecular formula is C14H20N4O2S2. The van der Waals surface area contributed by atoms with E-state index in [0.29, 0.717) is 11.1 Å². The van der Waals surface area contributed by atoms with Gasteiger partial charge >= 0.3 is 0 Å². The molecule has 0 aromatic carbocycles. The standard InChI is InChI=1S/C14H20N4O2S2/c1-4-5-6-7-15-11(19)8-21-14-18-17-13(20-14)12-9(2)16-10(3)22-12/h4-8H2,1-3H3,(H,15,19). The summed E-state index contributed by atoms with van der Waals surface area (Å²) in [5.41, 5.74) is 0.886. The molecule has 0 bridgehead atoms. The number of carbonyl (C=O) groups is 1. The molecule has 0 aliphatic rings. The van der Waals surface area contributed by atoms with Gasteiger partial charge in [0.15, 0.2) is 0 Å². The minimum absolute atomic E-state index is 0.00864. The molecule has 0 unspecified atom stereocenters. The highest BCUT2D eigenvalue weighted by Gasteiger charge is 2.15. The maximum absolute atomic E-state index is 11.7. The van der Waals surface area contributed by atoms with E-state index < -0.39 is 0 Å². The lowest BCUT2D eigenvalue weighted by atomic mass is 10.2. The Morgan fingerprint density at radius 3 is 2.82 bits per heavy atom. The van der Waals surface area contributed by atoms with Gasteiger partial charge in [0, 0.05) is 6.54 Å². The average molecular weight is 340 g/mol. The van der Waals surface area contributed by atoms with Gasteiger partial charge in [0.25, 0.3) is 11.1 Å². The van der Waals surface area contributed by atoms with E-state index in [2.05, 4.69) is 27.4 Å². The molecule has 0 saturated heterocycles. The maximum atomic E-state index is 11.7. The maximum Gasteiger partial charge on any atom is 0.277 e. The number of rotatable bonds is 8. The van der Waals surface area contributed by atoms with Gasteiger partial charge in [0.1, 0.15) is 4.88 Å². The third kappa shape index (κ3) is 4.81. The number of hydrogen-bond donors (Lipinski definition) is 1. The second-order valence-electron chi connectivity index (χ2n) is 4.87. The van der Waals surface area contributed by atoms with E-state index in [1.54, 1.807) is 0 Å². The molecule has 120 valence electrons. The summed E-state index contributed by atoms with van der Waals surface area (Å²) in [6.07, 6.45) is 3.29. The van der Waals surface area contributed by atoms with Gasteiger partial charge in [-0.25, -0.2) is 4.98 Å². The van der Waals surface area contributed by atoms with Gasteiger partial charge in [-0.3, -0.25) is 4.79 Å². The molecule has 0 saturated carbocycles. The number of nitrogens with one attached hydrogen (secondary N) is 1. The van der Waals surface area contributed by atoms with Crippen molar-refractivity contribution in [2.75, 3.05) is 12.3 Å². The Kier molecular flexibility index (Phi) is 6.38. The molecule has 0 radical (unpaired) electrons. The number of amides is 1.